The molecule has 0 unspecified atom stereocenters. The van der Waals surface area contributed by atoms with Crippen LogP contribution in [0, 0.1) is 0 Å². The predicted molar refractivity (Wildman–Crippen MR) is 76.7 cm³/mol. The molecule has 18 heavy (non-hydrogen) atoms. The summed E-state index contributed by atoms with van der Waals surface area (Å²) in [7, 11) is 0. The fraction of sp³-hybridized carbons (Fsp3) is 0.500. The van der Waals surface area contributed by atoms with E-state index < -0.39 is 0 Å². The minimum absolute atomic E-state index is 0.105. The standard InChI is InChI=1S/C14H18BrNO2/c1-11(17)16-8-2-4-12-5-6-13(10-14(12)16)18-9-3-7-15/h5-6,10H,2-4,7-9H2,1H3. The van der Waals surface area contributed by atoms with Crippen molar-refractivity contribution in [3.05, 3.63) is 23.8 Å². The number of benzene rings is 1. The van der Waals surface area contributed by atoms with Crippen molar-refractivity contribution in [1.82, 2.24) is 0 Å². The first kappa shape index (κ1) is 13.4. The van der Waals surface area contributed by atoms with E-state index in [1.165, 1.54) is 5.56 Å². The highest BCUT2D eigenvalue weighted by molar-refractivity contribution is 9.09. The Hall–Kier alpha value is -1.03. The molecule has 0 atom stereocenters. The van der Waals surface area contributed by atoms with Gasteiger partial charge >= 0.3 is 0 Å². The van der Waals surface area contributed by atoms with Gasteiger partial charge in [0.25, 0.3) is 0 Å². The number of halogens is 1. The molecule has 0 radical (unpaired) electrons. The molecule has 0 bridgehead atoms. The van der Waals surface area contributed by atoms with Crippen molar-refractivity contribution in [1.29, 1.82) is 0 Å². The van der Waals surface area contributed by atoms with Gasteiger partial charge in [-0.15, -0.1) is 0 Å². The summed E-state index contributed by atoms with van der Waals surface area (Å²) < 4.78 is 5.67. The van der Waals surface area contributed by atoms with Crippen molar-refractivity contribution >= 4 is 27.5 Å². The van der Waals surface area contributed by atoms with Crippen LogP contribution in [0.15, 0.2) is 18.2 Å². The molecule has 98 valence electrons. The lowest BCUT2D eigenvalue weighted by atomic mass is 10.0. The van der Waals surface area contributed by atoms with Gasteiger partial charge in [0.1, 0.15) is 5.75 Å². The molecule has 0 spiro atoms. The Bertz CT molecular complexity index is 434. The number of fused-ring (bicyclic) bond motifs is 1. The van der Waals surface area contributed by atoms with Gasteiger partial charge in [0.2, 0.25) is 5.91 Å². The minimum Gasteiger partial charge on any atom is -0.493 e. The largest absolute Gasteiger partial charge is 0.493 e. The number of carbonyl (C=O) groups excluding carboxylic acids is 1. The number of aryl methyl sites for hydroxylation is 1. The maximum Gasteiger partial charge on any atom is 0.223 e. The Kier molecular flexibility index (Phi) is 4.64. The van der Waals surface area contributed by atoms with Crippen molar-refractivity contribution < 1.29 is 9.53 Å². The van der Waals surface area contributed by atoms with E-state index in [4.69, 9.17) is 4.74 Å². The number of nitrogens with zero attached hydrogens (tertiary/aromatic N) is 1. The van der Waals surface area contributed by atoms with Gasteiger partial charge in [-0.1, -0.05) is 22.0 Å². The number of alkyl halides is 1. The van der Waals surface area contributed by atoms with E-state index in [-0.39, 0.29) is 5.91 Å². The number of hydrogen-bond donors (Lipinski definition) is 0. The Morgan fingerprint density at radius 2 is 2.33 bits per heavy atom. The van der Waals surface area contributed by atoms with Crippen LogP contribution in [-0.4, -0.2) is 24.4 Å². The lowest BCUT2D eigenvalue weighted by Gasteiger charge is -2.29. The van der Waals surface area contributed by atoms with Crippen LogP contribution in [-0.2, 0) is 11.2 Å². The van der Waals surface area contributed by atoms with Crippen LogP contribution < -0.4 is 9.64 Å². The molecule has 0 N–H and O–H groups in total. The molecule has 2 rings (SSSR count). The van der Waals surface area contributed by atoms with Crippen molar-refractivity contribution in [2.24, 2.45) is 0 Å². The third-order valence-electron chi connectivity index (χ3n) is 3.10. The van der Waals surface area contributed by atoms with Crippen LogP contribution in [0.25, 0.3) is 0 Å². The minimum atomic E-state index is 0.105. The number of anilines is 1. The number of carbonyl (C=O) groups is 1. The Labute approximate surface area is 116 Å². The summed E-state index contributed by atoms with van der Waals surface area (Å²) in [6.45, 7) is 3.13. The summed E-state index contributed by atoms with van der Waals surface area (Å²) in [5.41, 5.74) is 2.26. The molecule has 0 saturated heterocycles. The van der Waals surface area contributed by atoms with E-state index in [0.717, 1.165) is 42.6 Å². The van der Waals surface area contributed by atoms with Gasteiger partial charge in [0.15, 0.2) is 0 Å². The summed E-state index contributed by atoms with van der Waals surface area (Å²) in [6.07, 6.45) is 3.06. The van der Waals surface area contributed by atoms with E-state index in [1.807, 2.05) is 17.0 Å². The second-order valence-electron chi connectivity index (χ2n) is 4.46. The zero-order valence-corrected chi connectivity index (χ0v) is 12.2. The van der Waals surface area contributed by atoms with Crippen LogP contribution in [0.3, 0.4) is 0 Å². The molecular formula is C14H18BrNO2. The van der Waals surface area contributed by atoms with E-state index in [1.54, 1.807) is 6.92 Å². The summed E-state index contributed by atoms with van der Waals surface area (Å²) in [6, 6.07) is 6.06. The molecule has 1 aliphatic rings. The van der Waals surface area contributed by atoms with Gasteiger partial charge in [0.05, 0.1) is 12.3 Å². The highest BCUT2D eigenvalue weighted by Gasteiger charge is 2.20. The summed E-state index contributed by atoms with van der Waals surface area (Å²) >= 11 is 3.38. The fourth-order valence-corrected chi connectivity index (χ4v) is 2.44. The van der Waals surface area contributed by atoms with Crippen molar-refractivity contribution in [2.45, 2.75) is 26.2 Å². The van der Waals surface area contributed by atoms with Crippen molar-refractivity contribution in [3.8, 4) is 5.75 Å². The van der Waals surface area contributed by atoms with Gasteiger partial charge in [-0.3, -0.25) is 4.79 Å². The van der Waals surface area contributed by atoms with E-state index in [9.17, 15) is 4.79 Å². The average Bonchev–Trinajstić information content (AvgIpc) is 2.38. The zero-order chi connectivity index (χ0) is 13.0. The van der Waals surface area contributed by atoms with Crippen LogP contribution in [0.2, 0.25) is 0 Å². The number of hydrogen-bond acceptors (Lipinski definition) is 2. The molecule has 1 heterocycles. The van der Waals surface area contributed by atoms with Crippen LogP contribution in [0.1, 0.15) is 25.3 Å². The summed E-state index contributed by atoms with van der Waals surface area (Å²) in [4.78, 5) is 13.5. The molecule has 1 aliphatic heterocycles. The molecular weight excluding hydrogens is 294 g/mol. The van der Waals surface area contributed by atoms with Gasteiger partial charge in [0, 0.05) is 24.9 Å². The predicted octanol–water partition coefficient (Wildman–Crippen LogP) is 3.15. The third kappa shape index (κ3) is 3.05. The van der Waals surface area contributed by atoms with Crippen LogP contribution >= 0.6 is 15.9 Å². The van der Waals surface area contributed by atoms with E-state index >= 15 is 0 Å². The Balaban J connectivity index is 2.17. The lowest BCUT2D eigenvalue weighted by Crippen LogP contribution is -2.33. The zero-order valence-electron chi connectivity index (χ0n) is 10.6. The number of ether oxygens (including phenoxy) is 1. The quantitative estimate of drug-likeness (QED) is 0.631. The molecule has 0 fully saturated rings. The second-order valence-corrected chi connectivity index (χ2v) is 5.25. The Morgan fingerprint density at radius 3 is 3.06 bits per heavy atom. The van der Waals surface area contributed by atoms with Gasteiger partial charge in [-0.25, -0.2) is 0 Å². The SMILES string of the molecule is CC(=O)N1CCCc2ccc(OCCCBr)cc21. The summed E-state index contributed by atoms with van der Waals surface area (Å²) in [5.74, 6) is 0.955. The van der Waals surface area contributed by atoms with Crippen molar-refractivity contribution in [3.63, 3.8) is 0 Å². The normalized spacial score (nSPS) is 14.2. The average molecular weight is 312 g/mol. The Morgan fingerprint density at radius 1 is 1.50 bits per heavy atom. The molecule has 0 aliphatic carbocycles. The smallest absolute Gasteiger partial charge is 0.223 e. The van der Waals surface area contributed by atoms with Crippen molar-refractivity contribution in [2.75, 3.05) is 23.4 Å². The first-order valence-electron chi connectivity index (χ1n) is 6.32. The topological polar surface area (TPSA) is 29.5 Å². The molecule has 1 aromatic carbocycles. The van der Waals surface area contributed by atoms with Crippen LogP contribution in [0.5, 0.6) is 5.75 Å². The lowest BCUT2D eigenvalue weighted by molar-refractivity contribution is -0.116. The molecule has 0 aromatic heterocycles. The monoisotopic (exact) mass is 311 g/mol. The fourth-order valence-electron chi connectivity index (χ4n) is 2.22. The molecule has 1 amide bonds. The highest BCUT2D eigenvalue weighted by atomic mass is 79.9. The second kappa shape index (κ2) is 6.23. The molecule has 1 aromatic rings. The van der Waals surface area contributed by atoms with Gasteiger partial charge < -0.3 is 9.64 Å². The number of amides is 1. The van der Waals surface area contributed by atoms with E-state index in [2.05, 4.69) is 22.0 Å². The molecule has 0 saturated carbocycles. The summed E-state index contributed by atoms with van der Waals surface area (Å²) in [5, 5.41) is 0.942. The van der Waals surface area contributed by atoms with Gasteiger partial charge in [-0.2, -0.15) is 0 Å². The highest BCUT2D eigenvalue weighted by Crippen LogP contribution is 2.31. The first-order chi connectivity index (χ1) is 8.72. The molecule has 3 nitrogen and oxygen atoms in total. The number of rotatable bonds is 4. The maximum atomic E-state index is 11.6. The van der Waals surface area contributed by atoms with E-state index in [0.29, 0.717) is 6.61 Å². The third-order valence-corrected chi connectivity index (χ3v) is 3.66. The van der Waals surface area contributed by atoms with Gasteiger partial charge in [-0.05, 0) is 30.9 Å². The first-order valence-corrected chi connectivity index (χ1v) is 7.44. The maximum absolute atomic E-state index is 11.6. The molecule has 4 heteroatoms. The van der Waals surface area contributed by atoms with Crippen LogP contribution in [0.4, 0.5) is 5.69 Å².